The van der Waals surface area contributed by atoms with E-state index in [4.69, 9.17) is 23.2 Å². The third kappa shape index (κ3) is 3.54. The van der Waals surface area contributed by atoms with E-state index in [9.17, 15) is 18.0 Å². The van der Waals surface area contributed by atoms with E-state index in [1.165, 1.54) is 18.2 Å². The zero-order chi connectivity index (χ0) is 15.8. The molecule has 0 bridgehead atoms. The fraction of sp³-hybridized carbons (Fsp3) is 0.250. The molecule has 9 heteroatoms. The van der Waals surface area contributed by atoms with Crippen LogP contribution < -0.4 is 5.32 Å². The number of hydrogen-bond acceptors (Lipinski definition) is 3. The van der Waals surface area contributed by atoms with Crippen molar-refractivity contribution in [3.8, 4) is 0 Å². The Kier molecular flexibility index (Phi) is 4.25. The maximum Gasteiger partial charge on any atom is 0.408 e. The van der Waals surface area contributed by atoms with Gasteiger partial charge in [0.15, 0.2) is 10.3 Å². The van der Waals surface area contributed by atoms with Gasteiger partial charge in [0.25, 0.3) is 5.91 Å². The van der Waals surface area contributed by atoms with E-state index in [0.29, 0.717) is 5.52 Å². The van der Waals surface area contributed by atoms with Gasteiger partial charge in [-0.25, -0.2) is 9.97 Å². The molecule has 1 N–H and O–H groups in total. The van der Waals surface area contributed by atoms with Crippen molar-refractivity contribution >= 4 is 40.1 Å². The fourth-order valence-electron chi connectivity index (χ4n) is 1.51. The Balaban J connectivity index is 2.30. The van der Waals surface area contributed by atoms with Gasteiger partial charge in [-0.3, -0.25) is 4.79 Å². The first-order valence-corrected chi connectivity index (χ1v) is 6.44. The van der Waals surface area contributed by atoms with Crippen molar-refractivity contribution in [2.24, 2.45) is 0 Å². The fourth-order valence-corrected chi connectivity index (χ4v) is 1.78. The highest BCUT2D eigenvalue weighted by Crippen LogP contribution is 2.23. The van der Waals surface area contributed by atoms with Gasteiger partial charge in [-0.05, 0) is 25.1 Å². The Labute approximate surface area is 127 Å². The Morgan fingerprint density at radius 3 is 2.33 bits per heavy atom. The van der Waals surface area contributed by atoms with Crippen molar-refractivity contribution in [1.29, 1.82) is 0 Å². The second-order valence-electron chi connectivity index (χ2n) is 4.25. The highest BCUT2D eigenvalue weighted by Gasteiger charge is 2.37. The number of alkyl halides is 3. The van der Waals surface area contributed by atoms with Gasteiger partial charge in [-0.1, -0.05) is 23.2 Å². The predicted molar refractivity (Wildman–Crippen MR) is 72.5 cm³/mol. The van der Waals surface area contributed by atoms with Gasteiger partial charge in [0.2, 0.25) is 0 Å². The topological polar surface area (TPSA) is 54.9 Å². The quantitative estimate of drug-likeness (QED) is 0.910. The van der Waals surface area contributed by atoms with Gasteiger partial charge in [-0.2, -0.15) is 13.2 Å². The van der Waals surface area contributed by atoms with Crippen LogP contribution in [-0.2, 0) is 0 Å². The van der Waals surface area contributed by atoms with Crippen LogP contribution in [-0.4, -0.2) is 28.1 Å². The summed E-state index contributed by atoms with van der Waals surface area (Å²) in [7, 11) is 0. The first-order chi connectivity index (χ1) is 9.68. The summed E-state index contributed by atoms with van der Waals surface area (Å²) in [6.07, 6.45) is -4.51. The van der Waals surface area contributed by atoms with Crippen molar-refractivity contribution in [3.05, 3.63) is 34.1 Å². The van der Waals surface area contributed by atoms with E-state index in [0.717, 1.165) is 6.92 Å². The molecule has 21 heavy (non-hydrogen) atoms. The smallest absolute Gasteiger partial charge is 0.341 e. The van der Waals surface area contributed by atoms with Gasteiger partial charge >= 0.3 is 6.18 Å². The molecule has 1 heterocycles. The van der Waals surface area contributed by atoms with Crippen molar-refractivity contribution in [1.82, 2.24) is 15.3 Å². The average Bonchev–Trinajstić information content (AvgIpc) is 2.38. The lowest BCUT2D eigenvalue weighted by Gasteiger charge is -2.17. The van der Waals surface area contributed by atoms with Crippen LogP contribution in [0.1, 0.15) is 17.3 Å². The summed E-state index contributed by atoms with van der Waals surface area (Å²) in [6, 6.07) is 2.10. The molecular weight excluding hydrogens is 330 g/mol. The second-order valence-corrected chi connectivity index (χ2v) is 4.96. The van der Waals surface area contributed by atoms with Gasteiger partial charge in [0.1, 0.15) is 6.04 Å². The van der Waals surface area contributed by atoms with Gasteiger partial charge in [0.05, 0.1) is 11.0 Å². The molecule has 0 aliphatic carbocycles. The number of hydrogen-bond donors (Lipinski definition) is 1. The molecule has 0 saturated carbocycles. The second kappa shape index (κ2) is 5.65. The number of benzene rings is 1. The maximum atomic E-state index is 12.4. The number of carbonyl (C=O) groups excluding carboxylic acids is 1. The molecule has 0 spiro atoms. The molecule has 1 atom stereocenters. The molecule has 112 valence electrons. The van der Waals surface area contributed by atoms with Crippen molar-refractivity contribution in [2.45, 2.75) is 19.1 Å². The lowest BCUT2D eigenvalue weighted by molar-refractivity contribution is -0.149. The standard InChI is InChI=1S/C12H8Cl2F3N3O/c1-5(12(15,16)17)18-11(21)6-2-3-7-8(4-6)20-10(14)9(13)19-7/h2-5H,1H3,(H,18,21). The third-order valence-electron chi connectivity index (χ3n) is 2.68. The zero-order valence-electron chi connectivity index (χ0n) is 10.5. The molecule has 2 aromatic rings. The number of rotatable bonds is 2. The third-order valence-corrected chi connectivity index (χ3v) is 3.31. The minimum absolute atomic E-state index is 0.00654. The molecule has 1 aromatic carbocycles. The van der Waals surface area contributed by atoms with Crippen molar-refractivity contribution in [3.63, 3.8) is 0 Å². The Hall–Kier alpha value is -1.60. The van der Waals surface area contributed by atoms with E-state index < -0.39 is 18.1 Å². The molecule has 1 unspecified atom stereocenters. The minimum atomic E-state index is -4.51. The summed E-state index contributed by atoms with van der Waals surface area (Å²) in [6.45, 7) is 0.857. The van der Waals surface area contributed by atoms with E-state index in [1.54, 1.807) is 0 Å². The number of aromatic nitrogens is 2. The molecule has 1 amide bonds. The molecule has 0 aliphatic heterocycles. The maximum absolute atomic E-state index is 12.4. The molecule has 2 rings (SSSR count). The summed E-state index contributed by atoms with van der Waals surface area (Å²) >= 11 is 11.4. The van der Waals surface area contributed by atoms with E-state index in [-0.39, 0.29) is 21.4 Å². The number of nitrogens with zero attached hydrogens (tertiary/aromatic N) is 2. The first-order valence-electron chi connectivity index (χ1n) is 5.69. The SMILES string of the molecule is CC(NC(=O)c1ccc2nc(Cl)c(Cl)nc2c1)C(F)(F)F. The number of fused-ring (bicyclic) bond motifs is 1. The van der Waals surface area contributed by atoms with Crippen LogP contribution >= 0.6 is 23.2 Å². The van der Waals surface area contributed by atoms with E-state index >= 15 is 0 Å². The van der Waals surface area contributed by atoms with Crippen LogP contribution in [0.5, 0.6) is 0 Å². The van der Waals surface area contributed by atoms with Gasteiger partial charge in [0, 0.05) is 5.56 Å². The Bertz CT molecular complexity index is 706. The lowest BCUT2D eigenvalue weighted by Crippen LogP contribution is -2.43. The van der Waals surface area contributed by atoms with E-state index in [2.05, 4.69) is 9.97 Å². The highest BCUT2D eigenvalue weighted by atomic mass is 35.5. The molecule has 1 aromatic heterocycles. The number of halogens is 5. The van der Waals surface area contributed by atoms with Crippen LogP contribution in [0.4, 0.5) is 13.2 Å². The zero-order valence-corrected chi connectivity index (χ0v) is 12.0. The van der Waals surface area contributed by atoms with Crippen molar-refractivity contribution < 1.29 is 18.0 Å². The molecule has 0 radical (unpaired) electrons. The molecule has 0 aliphatic rings. The number of carbonyl (C=O) groups is 1. The lowest BCUT2D eigenvalue weighted by atomic mass is 10.1. The predicted octanol–water partition coefficient (Wildman–Crippen LogP) is 3.62. The van der Waals surface area contributed by atoms with Crippen LogP contribution in [0.25, 0.3) is 11.0 Å². The largest absolute Gasteiger partial charge is 0.408 e. The molecule has 0 saturated heterocycles. The number of amides is 1. The van der Waals surface area contributed by atoms with Crippen LogP contribution in [0.3, 0.4) is 0 Å². The van der Waals surface area contributed by atoms with E-state index in [1.807, 2.05) is 5.32 Å². The summed E-state index contributed by atoms with van der Waals surface area (Å²) in [5.41, 5.74) is 0.660. The Morgan fingerprint density at radius 2 is 1.76 bits per heavy atom. The average molecular weight is 338 g/mol. The minimum Gasteiger partial charge on any atom is -0.341 e. The van der Waals surface area contributed by atoms with Crippen LogP contribution in [0.15, 0.2) is 18.2 Å². The number of nitrogens with one attached hydrogen (secondary N) is 1. The summed E-state index contributed by atoms with van der Waals surface area (Å²) in [5.74, 6) is -0.866. The van der Waals surface area contributed by atoms with Crippen LogP contribution in [0, 0.1) is 0 Å². The normalized spacial score (nSPS) is 13.2. The van der Waals surface area contributed by atoms with Crippen molar-refractivity contribution in [2.75, 3.05) is 0 Å². The molecule has 0 fully saturated rings. The van der Waals surface area contributed by atoms with Gasteiger partial charge < -0.3 is 5.32 Å². The Morgan fingerprint density at radius 1 is 1.19 bits per heavy atom. The summed E-state index contributed by atoms with van der Waals surface area (Å²) < 4.78 is 37.2. The van der Waals surface area contributed by atoms with Crippen LogP contribution in [0.2, 0.25) is 10.3 Å². The van der Waals surface area contributed by atoms with Gasteiger partial charge in [-0.15, -0.1) is 0 Å². The summed E-state index contributed by atoms with van der Waals surface area (Å²) in [5, 5.41) is 1.81. The molecule has 4 nitrogen and oxygen atoms in total. The monoisotopic (exact) mass is 337 g/mol. The molecular formula is C12H8Cl2F3N3O. The highest BCUT2D eigenvalue weighted by molar-refractivity contribution is 6.40. The summed E-state index contributed by atoms with van der Waals surface area (Å²) in [4.78, 5) is 19.6. The first kappa shape index (κ1) is 15.8.